The third-order valence-electron chi connectivity index (χ3n) is 5.78. The number of furan rings is 1. The smallest absolute Gasteiger partial charge is 0.267 e. The zero-order valence-corrected chi connectivity index (χ0v) is 18.8. The standard InChI is InChI=1S/C27H29N3O3/c1-20-9-11-22(12-10-20)26(31)29-25(18-24-8-4-17-33-24)27(32)28-14-5-15-30-16-13-21-6-2-3-7-23(21)19-30/h2-4,6-12,17-18H,5,13-16,19H2,1H3,(H,28,32)(H,29,31)/b25-18-. The van der Waals surface area contributed by atoms with Crippen molar-refractivity contribution in [2.45, 2.75) is 26.3 Å². The van der Waals surface area contributed by atoms with E-state index >= 15 is 0 Å². The van der Waals surface area contributed by atoms with Gasteiger partial charge < -0.3 is 15.1 Å². The van der Waals surface area contributed by atoms with Gasteiger partial charge in [-0.3, -0.25) is 14.5 Å². The maximum absolute atomic E-state index is 12.9. The topological polar surface area (TPSA) is 74.6 Å². The Kier molecular flexibility index (Phi) is 7.37. The molecule has 2 heterocycles. The Morgan fingerprint density at radius 2 is 1.82 bits per heavy atom. The van der Waals surface area contributed by atoms with Crippen molar-refractivity contribution in [3.05, 3.63) is 101 Å². The molecule has 0 saturated carbocycles. The van der Waals surface area contributed by atoms with Gasteiger partial charge in [-0.2, -0.15) is 0 Å². The van der Waals surface area contributed by atoms with Gasteiger partial charge in [0.05, 0.1) is 6.26 Å². The van der Waals surface area contributed by atoms with Gasteiger partial charge in [-0.1, -0.05) is 42.0 Å². The van der Waals surface area contributed by atoms with Crippen LogP contribution in [0.5, 0.6) is 0 Å². The van der Waals surface area contributed by atoms with E-state index in [2.05, 4.69) is 39.8 Å². The van der Waals surface area contributed by atoms with Crippen molar-refractivity contribution in [3.8, 4) is 0 Å². The van der Waals surface area contributed by atoms with E-state index in [0.717, 1.165) is 38.0 Å². The normalized spacial score (nSPS) is 13.9. The Hall–Kier alpha value is -3.64. The first kappa shape index (κ1) is 22.6. The zero-order valence-electron chi connectivity index (χ0n) is 18.8. The molecular weight excluding hydrogens is 414 g/mol. The third kappa shape index (κ3) is 6.20. The Morgan fingerprint density at radius 3 is 2.58 bits per heavy atom. The monoisotopic (exact) mass is 443 g/mol. The lowest BCUT2D eigenvalue weighted by Gasteiger charge is -2.28. The molecule has 6 heteroatoms. The van der Waals surface area contributed by atoms with Gasteiger partial charge in [-0.25, -0.2) is 0 Å². The summed E-state index contributed by atoms with van der Waals surface area (Å²) in [6.45, 7) is 5.36. The van der Waals surface area contributed by atoms with Gasteiger partial charge in [0, 0.05) is 37.8 Å². The summed E-state index contributed by atoms with van der Waals surface area (Å²) in [5.41, 5.74) is 4.52. The summed E-state index contributed by atoms with van der Waals surface area (Å²) in [5, 5.41) is 5.66. The second-order valence-corrected chi connectivity index (χ2v) is 8.30. The number of benzene rings is 2. The fraction of sp³-hybridized carbons (Fsp3) is 0.259. The average molecular weight is 444 g/mol. The lowest BCUT2D eigenvalue weighted by molar-refractivity contribution is -0.117. The molecule has 0 unspecified atom stereocenters. The minimum atomic E-state index is -0.338. The van der Waals surface area contributed by atoms with Crippen LogP contribution >= 0.6 is 0 Å². The maximum atomic E-state index is 12.9. The number of carbonyl (C=O) groups excluding carboxylic acids is 2. The minimum absolute atomic E-state index is 0.155. The van der Waals surface area contributed by atoms with Gasteiger partial charge in [0.2, 0.25) is 0 Å². The van der Waals surface area contributed by atoms with Crippen molar-refractivity contribution in [1.82, 2.24) is 15.5 Å². The van der Waals surface area contributed by atoms with E-state index in [-0.39, 0.29) is 17.5 Å². The van der Waals surface area contributed by atoms with Crippen LogP contribution in [0.15, 0.2) is 77.0 Å². The fourth-order valence-electron chi connectivity index (χ4n) is 3.92. The number of rotatable bonds is 8. The molecule has 2 amide bonds. The van der Waals surface area contributed by atoms with Crippen LogP contribution in [0.3, 0.4) is 0 Å². The quantitative estimate of drug-likeness (QED) is 0.409. The predicted octanol–water partition coefficient (Wildman–Crippen LogP) is 3.92. The molecule has 0 spiro atoms. The average Bonchev–Trinajstić information content (AvgIpc) is 3.35. The van der Waals surface area contributed by atoms with E-state index in [1.165, 1.54) is 17.4 Å². The van der Waals surface area contributed by atoms with Crippen LogP contribution in [0.1, 0.15) is 39.2 Å². The van der Waals surface area contributed by atoms with Gasteiger partial charge in [0.25, 0.3) is 11.8 Å². The van der Waals surface area contributed by atoms with E-state index < -0.39 is 0 Å². The summed E-state index contributed by atoms with van der Waals surface area (Å²) in [4.78, 5) is 27.9. The second-order valence-electron chi connectivity index (χ2n) is 8.30. The Labute approximate surface area is 194 Å². The highest BCUT2D eigenvalue weighted by Crippen LogP contribution is 2.18. The van der Waals surface area contributed by atoms with Gasteiger partial charge in [-0.05, 0) is 55.2 Å². The highest BCUT2D eigenvalue weighted by atomic mass is 16.3. The van der Waals surface area contributed by atoms with Crippen LogP contribution < -0.4 is 10.6 Å². The molecule has 170 valence electrons. The molecule has 0 saturated heterocycles. The summed E-state index contributed by atoms with van der Waals surface area (Å²) >= 11 is 0. The summed E-state index contributed by atoms with van der Waals surface area (Å²) in [7, 11) is 0. The SMILES string of the molecule is Cc1ccc(C(=O)N/C(=C\c2ccco2)C(=O)NCCCN2CCc3ccccc3C2)cc1. The molecule has 0 radical (unpaired) electrons. The van der Waals surface area contributed by atoms with Crippen LogP contribution in [-0.2, 0) is 17.8 Å². The van der Waals surface area contributed by atoms with E-state index in [4.69, 9.17) is 4.42 Å². The number of aryl methyl sites for hydroxylation is 1. The third-order valence-corrected chi connectivity index (χ3v) is 5.78. The Bertz CT molecular complexity index is 1120. The lowest BCUT2D eigenvalue weighted by atomic mass is 10.00. The summed E-state index contributed by atoms with van der Waals surface area (Å²) in [5.74, 6) is -0.179. The zero-order chi connectivity index (χ0) is 23.0. The maximum Gasteiger partial charge on any atom is 0.267 e. The molecule has 1 aliphatic rings. The lowest BCUT2D eigenvalue weighted by Crippen LogP contribution is -2.37. The minimum Gasteiger partial charge on any atom is -0.465 e. The number of nitrogens with one attached hydrogen (secondary N) is 2. The molecule has 0 fully saturated rings. The number of amides is 2. The van der Waals surface area contributed by atoms with Crippen LogP contribution in [0.25, 0.3) is 6.08 Å². The van der Waals surface area contributed by atoms with Gasteiger partial charge >= 0.3 is 0 Å². The first-order valence-electron chi connectivity index (χ1n) is 11.3. The van der Waals surface area contributed by atoms with E-state index in [1.54, 1.807) is 30.3 Å². The molecule has 4 rings (SSSR count). The van der Waals surface area contributed by atoms with Crippen LogP contribution in [0, 0.1) is 6.92 Å². The molecule has 0 aliphatic carbocycles. The van der Waals surface area contributed by atoms with Gasteiger partial charge in [-0.15, -0.1) is 0 Å². The van der Waals surface area contributed by atoms with E-state index in [9.17, 15) is 9.59 Å². The van der Waals surface area contributed by atoms with Crippen molar-refractivity contribution in [2.75, 3.05) is 19.6 Å². The molecule has 2 N–H and O–H groups in total. The molecule has 1 aromatic heterocycles. The number of carbonyl (C=O) groups is 2. The predicted molar refractivity (Wildman–Crippen MR) is 128 cm³/mol. The fourth-order valence-corrected chi connectivity index (χ4v) is 3.92. The Morgan fingerprint density at radius 1 is 1.03 bits per heavy atom. The first-order chi connectivity index (χ1) is 16.1. The van der Waals surface area contributed by atoms with Crippen LogP contribution in [-0.4, -0.2) is 36.3 Å². The number of hydrogen-bond acceptors (Lipinski definition) is 4. The second kappa shape index (κ2) is 10.8. The highest BCUT2D eigenvalue weighted by Gasteiger charge is 2.17. The van der Waals surface area contributed by atoms with E-state index in [1.807, 2.05) is 19.1 Å². The molecular formula is C27H29N3O3. The largest absolute Gasteiger partial charge is 0.465 e. The van der Waals surface area contributed by atoms with Crippen molar-refractivity contribution in [1.29, 1.82) is 0 Å². The summed E-state index contributed by atoms with van der Waals surface area (Å²) in [6, 6.07) is 19.2. The molecule has 0 atom stereocenters. The number of nitrogens with zero attached hydrogens (tertiary/aromatic N) is 1. The Balaban J connectivity index is 1.32. The molecule has 1 aliphatic heterocycles. The number of hydrogen-bond donors (Lipinski definition) is 2. The van der Waals surface area contributed by atoms with Crippen molar-refractivity contribution < 1.29 is 14.0 Å². The van der Waals surface area contributed by atoms with Gasteiger partial charge in [0.1, 0.15) is 11.5 Å². The van der Waals surface area contributed by atoms with Crippen molar-refractivity contribution >= 4 is 17.9 Å². The summed E-state index contributed by atoms with van der Waals surface area (Å²) in [6.07, 6.45) is 4.96. The highest BCUT2D eigenvalue weighted by molar-refractivity contribution is 6.05. The van der Waals surface area contributed by atoms with Crippen LogP contribution in [0.2, 0.25) is 0 Å². The molecule has 2 aromatic carbocycles. The van der Waals surface area contributed by atoms with Crippen LogP contribution in [0.4, 0.5) is 0 Å². The summed E-state index contributed by atoms with van der Waals surface area (Å²) < 4.78 is 5.34. The number of fused-ring (bicyclic) bond motifs is 1. The molecule has 33 heavy (non-hydrogen) atoms. The molecule has 3 aromatic rings. The van der Waals surface area contributed by atoms with Gasteiger partial charge in [0.15, 0.2) is 0 Å². The van der Waals surface area contributed by atoms with E-state index in [0.29, 0.717) is 17.9 Å². The first-order valence-corrected chi connectivity index (χ1v) is 11.3. The molecule has 6 nitrogen and oxygen atoms in total. The van der Waals surface area contributed by atoms with Crippen molar-refractivity contribution in [3.63, 3.8) is 0 Å². The molecule has 0 bridgehead atoms. The van der Waals surface area contributed by atoms with Crippen molar-refractivity contribution in [2.24, 2.45) is 0 Å².